The first-order valence-corrected chi connectivity index (χ1v) is 8.24. The number of methoxy groups -OCH3 is 1. The smallest absolute Gasteiger partial charge is 0.122 e. The molecule has 2 nitrogen and oxygen atoms in total. The van der Waals surface area contributed by atoms with Gasteiger partial charge in [-0.25, -0.2) is 0 Å². The molecule has 0 saturated carbocycles. The highest BCUT2D eigenvalue weighted by Crippen LogP contribution is 2.39. The fourth-order valence-electron chi connectivity index (χ4n) is 3.13. The predicted octanol–water partition coefficient (Wildman–Crippen LogP) is 5.05. The molecule has 1 aliphatic heterocycles. The van der Waals surface area contributed by atoms with Gasteiger partial charge in [0, 0.05) is 0 Å². The van der Waals surface area contributed by atoms with Crippen molar-refractivity contribution < 1.29 is 9.47 Å². The van der Waals surface area contributed by atoms with E-state index in [4.69, 9.17) is 9.47 Å². The minimum Gasteiger partial charge on any atom is -0.496 e. The molecule has 0 N–H and O–H groups in total. The van der Waals surface area contributed by atoms with Crippen LogP contribution < -0.4 is 4.74 Å². The Morgan fingerprint density at radius 1 is 1.19 bits per heavy atom. The average Bonchev–Trinajstić information content (AvgIpc) is 3.21. The number of ether oxygens (including phenoxy) is 2. The summed E-state index contributed by atoms with van der Waals surface area (Å²) in [6.45, 7) is 11.2. The lowest BCUT2D eigenvalue weighted by atomic mass is 9.82. The second-order valence-electron chi connectivity index (χ2n) is 7.17. The molecule has 2 heteroatoms. The summed E-state index contributed by atoms with van der Waals surface area (Å²) in [7, 11) is 1.76. The maximum absolute atomic E-state index is 5.74. The van der Waals surface area contributed by atoms with Crippen LogP contribution in [0.1, 0.15) is 70.9 Å². The highest BCUT2D eigenvalue weighted by molar-refractivity contribution is 5.42. The Kier molecular flexibility index (Phi) is 4.98. The highest BCUT2D eigenvalue weighted by Gasteiger charge is 2.38. The van der Waals surface area contributed by atoms with Crippen LogP contribution in [0.3, 0.4) is 0 Å². The maximum atomic E-state index is 5.74. The molecule has 1 aliphatic rings. The SMILES string of the molecule is CCC(CC1OC1CC)c1ccc(OC)c(C(C)(C)C)c1. The fraction of sp³-hybridized carbons (Fsp3) is 0.684. The van der Waals surface area contributed by atoms with Gasteiger partial charge >= 0.3 is 0 Å². The fourth-order valence-corrected chi connectivity index (χ4v) is 3.13. The van der Waals surface area contributed by atoms with Gasteiger partial charge in [0.1, 0.15) is 5.75 Å². The van der Waals surface area contributed by atoms with E-state index in [1.807, 2.05) is 0 Å². The van der Waals surface area contributed by atoms with Crippen LogP contribution in [0.2, 0.25) is 0 Å². The number of hydrogen-bond donors (Lipinski definition) is 0. The Balaban J connectivity index is 2.21. The number of benzene rings is 1. The van der Waals surface area contributed by atoms with Crippen molar-refractivity contribution in [2.45, 2.75) is 77.4 Å². The maximum Gasteiger partial charge on any atom is 0.122 e. The Labute approximate surface area is 129 Å². The van der Waals surface area contributed by atoms with Crippen molar-refractivity contribution in [3.63, 3.8) is 0 Å². The van der Waals surface area contributed by atoms with Crippen molar-refractivity contribution in [3.8, 4) is 5.75 Å². The zero-order valence-electron chi connectivity index (χ0n) is 14.4. The molecular formula is C19H30O2. The third-order valence-electron chi connectivity index (χ3n) is 4.60. The molecule has 0 bridgehead atoms. The summed E-state index contributed by atoms with van der Waals surface area (Å²) in [5.74, 6) is 1.58. The summed E-state index contributed by atoms with van der Waals surface area (Å²) in [5, 5.41) is 0. The van der Waals surface area contributed by atoms with Crippen LogP contribution >= 0.6 is 0 Å². The van der Waals surface area contributed by atoms with Crippen LogP contribution in [0.15, 0.2) is 18.2 Å². The van der Waals surface area contributed by atoms with Crippen molar-refractivity contribution in [1.82, 2.24) is 0 Å². The van der Waals surface area contributed by atoms with Gasteiger partial charge in [-0.05, 0) is 47.8 Å². The largest absolute Gasteiger partial charge is 0.496 e. The molecule has 3 atom stereocenters. The van der Waals surface area contributed by atoms with E-state index in [2.05, 4.69) is 52.8 Å². The van der Waals surface area contributed by atoms with E-state index in [0.29, 0.717) is 18.1 Å². The Bertz CT molecular complexity index is 473. The minimum absolute atomic E-state index is 0.0989. The van der Waals surface area contributed by atoms with Crippen LogP contribution in [0.5, 0.6) is 5.75 Å². The molecule has 1 aromatic carbocycles. The second kappa shape index (κ2) is 6.39. The monoisotopic (exact) mass is 290 g/mol. The number of rotatable bonds is 6. The highest BCUT2D eigenvalue weighted by atomic mass is 16.6. The first-order valence-electron chi connectivity index (χ1n) is 8.24. The van der Waals surface area contributed by atoms with Crippen molar-refractivity contribution in [3.05, 3.63) is 29.3 Å². The van der Waals surface area contributed by atoms with Crippen LogP contribution in [0, 0.1) is 0 Å². The summed E-state index contributed by atoms with van der Waals surface area (Å²) in [5.41, 5.74) is 2.82. The molecule has 1 aromatic rings. The van der Waals surface area contributed by atoms with Crippen molar-refractivity contribution in [2.75, 3.05) is 7.11 Å². The summed E-state index contributed by atoms with van der Waals surface area (Å²) in [6.07, 6.45) is 4.41. The zero-order valence-corrected chi connectivity index (χ0v) is 14.4. The topological polar surface area (TPSA) is 21.8 Å². The first kappa shape index (κ1) is 16.4. The van der Waals surface area contributed by atoms with E-state index in [1.54, 1.807) is 7.11 Å². The van der Waals surface area contributed by atoms with Gasteiger partial charge in [-0.3, -0.25) is 0 Å². The number of hydrogen-bond acceptors (Lipinski definition) is 2. The average molecular weight is 290 g/mol. The van der Waals surface area contributed by atoms with Gasteiger partial charge in [0.25, 0.3) is 0 Å². The molecule has 0 spiro atoms. The minimum atomic E-state index is 0.0989. The van der Waals surface area contributed by atoms with E-state index < -0.39 is 0 Å². The first-order chi connectivity index (χ1) is 9.90. The molecule has 1 saturated heterocycles. The molecule has 3 unspecified atom stereocenters. The Hall–Kier alpha value is -1.02. The van der Waals surface area contributed by atoms with Crippen LogP contribution in [0.4, 0.5) is 0 Å². The van der Waals surface area contributed by atoms with Crippen LogP contribution in [-0.2, 0) is 10.2 Å². The van der Waals surface area contributed by atoms with Crippen LogP contribution in [-0.4, -0.2) is 19.3 Å². The van der Waals surface area contributed by atoms with E-state index in [9.17, 15) is 0 Å². The zero-order chi connectivity index (χ0) is 15.6. The second-order valence-corrected chi connectivity index (χ2v) is 7.17. The van der Waals surface area contributed by atoms with Gasteiger partial charge in [-0.15, -0.1) is 0 Å². The molecule has 21 heavy (non-hydrogen) atoms. The Morgan fingerprint density at radius 2 is 1.90 bits per heavy atom. The summed E-state index contributed by atoms with van der Waals surface area (Å²) in [6, 6.07) is 6.70. The summed E-state index contributed by atoms with van der Waals surface area (Å²) in [4.78, 5) is 0. The molecule has 2 rings (SSSR count). The van der Waals surface area contributed by atoms with E-state index in [-0.39, 0.29) is 5.41 Å². The van der Waals surface area contributed by atoms with E-state index in [0.717, 1.165) is 25.0 Å². The van der Waals surface area contributed by atoms with Gasteiger partial charge in [0.2, 0.25) is 0 Å². The van der Waals surface area contributed by atoms with Crippen molar-refractivity contribution >= 4 is 0 Å². The predicted molar refractivity (Wildman–Crippen MR) is 88.3 cm³/mol. The van der Waals surface area contributed by atoms with E-state index >= 15 is 0 Å². The molecule has 1 fully saturated rings. The summed E-state index contributed by atoms with van der Waals surface area (Å²) < 4.78 is 11.3. The lowest BCUT2D eigenvalue weighted by molar-refractivity contribution is 0.348. The standard InChI is InChI=1S/C19H30O2/c1-7-13(12-18-16(8-2)21-18)14-9-10-17(20-6)15(11-14)19(3,4)5/h9-11,13,16,18H,7-8,12H2,1-6H3. The van der Waals surface area contributed by atoms with E-state index in [1.165, 1.54) is 11.1 Å². The molecule has 0 aliphatic carbocycles. The molecule has 118 valence electrons. The van der Waals surface area contributed by atoms with Gasteiger partial charge in [-0.2, -0.15) is 0 Å². The molecule has 0 amide bonds. The molecule has 0 aromatic heterocycles. The quantitative estimate of drug-likeness (QED) is 0.683. The lowest BCUT2D eigenvalue weighted by Crippen LogP contribution is -2.14. The molecule has 1 heterocycles. The van der Waals surface area contributed by atoms with Crippen LogP contribution in [0.25, 0.3) is 0 Å². The van der Waals surface area contributed by atoms with Gasteiger partial charge in [-0.1, -0.05) is 46.8 Å². The third kappa shape index (κ3) is 3.79. The third-order valence-corrected chi connectivity index (χ3v) is 4.60. The number of epoxide rings is 1. The molecule has 0 radical (unpaired) electrons. The summed E-state index contributed by atoms with van der Waals surface area (Å²) >= 11 is 0. The van der Waals surface area contributed by atoms with Gasteiger partial charge in [0.05, 0.1) is 19.3 Å². The Morgan fingerprint density at radius 3 is 2.38 bits per heavy atom. The normalized spacial score (nSPS) is 23.0. The molecular weight excluding hydrogens is 260 g/mol. The van der Waals surface area contributed by atoms with Crippen molar-refractivity contribution in [2.24, 2.45) is 0 Å². The van der Waals surface area contributed by atoms with Gasteiger partial charge < -0.3 is 9.47 Å². The lowest BCUT2D eigenvalue weighted by Gasteiger charge is -2.25. The van der Waals surface area contributed by atoms with Gasteiger partial charge in [0.15, 0.2) is 0 Å². The van der Waals surface area contributed by atoms with Crippen molar-refractivity contribution in [1.29, 1.82) is 0 Å².